The van der Waals surface area contributed by atoms with E-state index in [1.54, 1.807) is 5.32 Å². The Bertz CT molecular complexity index is 306. The number of hydrogen-bond acceptors (Lipinski definition) is 1. The summed E-state index contributed by atoms with van der Waals surface area (Å²) in [5, 5.41) is 1.70. The molecule has 7 heteroatoms. The van der Waals surface area contributed by atoms with Crippen LogP contribution in [0.3, 0.4) is 0 Å². The first-order chi connectivity index (χ1) is 7.53. The molecule has 1 saturated carbocycles. The highest BCUT2D eigenvalue weighted by atomic mass is 19.4. The van der Waals surface area contributed by atoms with Crippen molar-refractivity contribution in [1.29, 1.82) is 0 Å². The molecule has 0 heterocycles. The number of rotatable bonds is 4. The Morgan fingerprint density at radius 2 is 1.71 bits per heavy atom. The van der Waals surface area contributed by atoms with E-state index in [4.69, 9.17) is 0 Å². The fraction of sp³-hybridized carbons (Fsp3) is 0.900. The SMILES string of the molecule is CC(C)C1(CNC(=O)C(F)(F)C(F)(F)F)CC1. The highest BCUT2D eigenvalue weighted by Crippen LogP contribution is 2.51. The summed E-state index contributed by atoms with van der Waals surface area (Å²) in [6, 6.07) is 0. The lowest BCUT2D eigenvalue weighted by Crippen LogP contribution is -2.51. The van der Waals surface area contributed by atoms with Crippen LogP contribution >= 0.6 is 0 Å². The van der Waals surface area contributed by atoms with Gasteiger partial charge in [-0.1, -0.05) is 13.8 Å². The van der Waals surface area contributed by atoms with Crippen LogP contribution in [0.5, 0.6) is 0 Å². The van der Waals surface area contributed by atoms with E-state index in [9.17, 15) is 26.7 Å². The second-order valence-corrected chi connectivity index (χ2v) is 4.77. The first-order valence-corrected chi connectivity index (χ1v) is 5.26. The molecule has 0 aromatic rings. The van der Waals surface area contributed by atoms with Gasteiger partial charge >= 0.3 is 12.1 Å². The molecule has 1 amide bonds. The maximum absolute atomic E-state index is 12.6. The summed E-state index contributed by atoms with van der Waals surface area (Å²) in [5.74, 6) is -7.45. The molecule has 2 nitrogen and oxygen atoms in total. The Kier molecular flexibility index (Phi) is 3.42. The van der Waals surface area contributed by atoms with E-state index in [0.717, 1.165) is 12.8 Å². The van der Waals surface area contributed by atoms with Crippen molar-refractivity contribution >= 4 is 5.91 Å². The molecule has 1 aliphatic carbocycles. The lowest BCUT2D eigenvalue weighted by molar-refractivity contribution is -0.269. The second kappa shape index (κ2) is 4.10. The van der Waals surface area contributed by atoms with Gasteiger partial charge in [-0.2, -0.15) is 22.0 Å². The van der Waals surface area contributed by atoms with Crippen molar-refractivity contribution < 1.29 is 26.7 Å². The third-order valence-corrected chi connectivity index (χ3v) is 3.36. The van der Waals surface area contributed by atoms with E-state index in [-0.39, 0.29) is 17.9 Å². The normalized spacial score (nSPS) is 19.3. The molecule has 0 atom stereocenters. The predicted octanol–water partition coefficient (Wildman–Crippen LogP) is 2.74. The minimum absolute atomic E-state index is 0.130. The lowest BCUT2D eigenvalue weighted by Gasteiger charge is -2.23. The molecule has 0 bridgehead atoms. The quantitative estimate of drug-likeness (QED) is 0.773. The Morgan fingerprint density at radius 1 is 1.24 bits per heavy atom. The van der Waals surface area contributed by atoms with Gasteiger partial charge in [0, 0.05) is 6.54 Å². The molecule has 1 N–H and O–H groups in total. The van der Waals surface area contributed by atoms with Crippen LogP contribution in [0.4, 0.5) is 22.0 Å². The topological polar surface area (TPSA) is 29.1 Å². The van der Waals surface area contributed by atoms with E-state index >= 15 is 0 Å². The number of carbonyl (C=O) groups is 1. The summed E-state index contributed by atoms with van der Waals surface area (Å²) in [5.41, 5.74) is -0.308. The van der Waals surface area contributed by atoms with Crippen molar-refractivity contribution in [1.82, 2.24) is 5.32 Å². The van der Waals surface area contributed by atoms with Crippen LogP contribution in [0.25, 0.3) is 0 Å². The van der Waals surface area contributed by atoms with Crippen LogP contribution in [-0.2, 0) is 4.79 Å². The summed E-state index contributed by atoms with van der Waals surface area (Å²) < 4.78 is 60.8. The second-order valence-electron chi connectivity index (χ2n) is 4.77. The van der Waals surface area contributed by atoms with Crippen molar-refractivity contribution in [3.8, 4) is 0 Å². The van der Waals surface area contributed by atoms with Crippen LogP contribution in [0.15, 0.2) is 0 Å². The largest absolute Gasteiger partial charge is 0.463 e. The molecule has 1 rings (SSSR count). The number of halogens is 5. The van der Waals surface area contributed by atoms with Gasteiger partial charge in [0.25, 0.3) is 5.91 Å². The van der Waals surface area contributed by atoms with Crippen LogP contribution in [0, 0.1) is 11.3 Å². The zero-order valence-corrected chi connectivity index (χ0v) is 9.50. The molecule has 0 unspecified atom stereocenters. The number of amides is 1. The zero-order chi connectivity index (χ0) is 13.5. The van der Waals surface area contributed by atoms with Gasteiger partial charge in [-0.25, -0.2) is 0 Å². The zero-order valence-electron chi connectivity index (χ0n) is 9.50. The summed E-state index contributed by atoms with van der Waals surface area (Å²) in [7, 11) is 0. The van der Waals surface area contributed by atoms with Gasteiger partial charge in [-0.3, -0.25) is 4.79 Å². The summed E-state index contributed by atoms with van der Waals surface area (Å²) in [6.45, 7) is 3.57. The molecule has 17 heavy (non-hydrogen) atoms. The highest BCUT2D eigenvalue weighted by Gasteiger charge is 2.63. The van der Waals surface area contributed by atoms with Gasteiger partial charge in [0.2, 0.25) is 0 Å². The Labute approximate surface area is 95.6 Å². The number of alkyl halides is 5. The van der Waals surface area contributed by atoms with Crippen LogP contribution < -0.4 is 5.32 Å². The third-order valence-electron chi connectivity index (χ3n) is 3.36. The average Bonchev–Trinajstić information content (AvgIpc) is 2.93. The third kappa shape index (κ3) is 2.69. The van der Waals surface area contributed by atoms with Crippen molar-refractivity contribution in [2.24, 2.45) is 11.3 Å². The molecule has 0 radical (unpaired) electrons. The average molecular weight is 259 g/mol. The van der Waals surface area contributed by atoms with Gasteiger partial charge in [0.15, 0.2) is 0 Å². The molecule has 0 spiro atoms. The number of hydrogen-bond donors (Lipinski definition) is 1. The summed E-state index contributed by atoms with van der Waals surface area (Å²) >= 11 is 0. The molecule has 0 aromatic heterocycles. The number of nitrogens with one attached hydrogen (secondary N) is 1. The monoisotopic (exact) mass is 259 g/mol. The number of carbonyl (C=O) groups excluding carboxylic acids is 1. The molecule has 0 aliphatic heterocycles. The minimum Gasteiger partial charge on any atom is -0.350 e. The van der Waals surface area contributed by atoms with Gasteiger partial charge < -0.3 is 5.32 Å². The maximum atomic E-state index is 12.6. The lowest BCUT2D eigenvalue weighted by atomic mass is 9.92. The van der Waals surface area contributed by atoms with Crippen LogP contribution in [0.1, 0.15) is 26.7 Å². The first-order valence-electron chi connectivity index (χ1n) is 5.26. The van der Waals surface area contributed by atoms with Gasteiger partial charge in [-0.05, 0) is 24.2 Å². The maximum Gasteiger partial charge on any atom is 0.463 e. The fourth-order valence-corrected chi connectivity index (χ4v) is 1.61. The Hall–Kier alpha value is -0.880. The van der Waals surface area contributed by atoms with Crippen molar-refractivity contribution in [3.63, 3.8) is 0 Å². The van der Waals surface area contributed by atoms with Gasteiger partial charge in [0.05, 0.1) is 0 Å². The first kappa shape index (κ1) is 14.2. The predicted molar refractivity (Wildman–Crippen MR) is 50.5 cm³/mol. The van der Waals surface area contributed by atoms with Crippen molar-refractivity contribution in [2.75, 3.05) is 6.54 Å². The standard InChI is InChI=1S/C10H14F5NO/c1-6(2)8(3-4-8)5-16-7(17)9(11,12)10(13,14)15/h6H,3-5H2,1-2H3,(H,16,17). The van der Waals surface area contributed by atoms with E-state index in [1.807, 2.05) is 13.8 Å². The van der Waals surface area contributed by atoms with Crippen LogP contribution in [0.2, 0.25) is 0 Å². The van der Waals surface area contributed by atoms with E-state index in [1.165, 1.54) is 0 Å². The van der Waals surface area contributed by atoms with Gasteiger partial charge in [0.1, 0.15) is 0 Å². The summed E-state index contributed by atoms with van der Waals surface area (Å²) in [4.78, 5) is 10.8. The Balaban J connectivity index is 2.57. The molecular weight excluding hydrogens is 245 g/mol. The highest BCUT2D eigenvalue weighted by molar-refractivity contribution is 5.84. The van der Waals surface area contributed by atoms with Crippen molar-refractivity contribution in [2.45, 2.75) is 38.8 Å². The fourth-order valence-electron chi connectivity index (χ4n) is 1.61. The van der Waals surface area contributed by atoms with Crippen LogP contribution in [-0.4, -0.2) is 24.6 Å². The smallest absolute Gasteiger partial charge is 0.350 e. The molecule has 1 aliphatic rings. The molecule has 0 aromatic carbocycles. The molecule has 0 saturated heterocycles. The molecule has 1 fully saturated rings. The van der Waals surface area contributed by atoms with E-state index in [2.05, 4.69) is 0 Å². The molecule has 100 valence electrons. The minimum atomic E-state index is -5.84. The Morgan fingerprint density at radius 3 is 2.00 bits per heavy atom. The molecular formula is C10H14F5NO. The van der Waals surface area contributed by atoms with Crippen molar-refractivity contribution in [3.05, 3.63) is 0 Å². The summed E-state index contributed by atoms with van der Waals surface area (Å²) in [6.07, 6.45) is -4.36. The van der Waals surface area contributed by atoms with Gasteiger partial charge in [-0.15, -0.1) is 0 Å². The van der Waals surface area contributed by atoms with E-state index < -0.39 is 18.0 Å². The van der Waals surface area contributed by atoms with E-state index in [0.29, 0.717) is 0 Å².